The zero-order valence-corrected chi connectivity index (χ0v) is 20.8. The molecule has 0 radical (unpaired) electrons. The Kier molecular flexibility index (Phi) is 6.40. The summed E-state index contributed by atoms with van der Waals surface area (Å²) in [4.78, 5) is 40.2. The smallest absolute Gasteiger partial charge is 0.201 e. The van der Waals surface area contributed by atoms with Gasteiger partial charge in [-0.15, -0.1) is 0 Å². The van der Waals surface area contributed by atoms with E-state index >= 15 is 4.39 Å². The highest BCUT2D eigenvalue weighted by molar-refractivity contribution is 6.31. The van der Waals surface area contributed by atoms with Gasteiger partial charge in [0.1, 0.15) is 29.8 Å². The number of aliphatic hydroxyl groups is 3. The fourth-order valence-corrected chi connectivity index (χ4v) is 5.44. The zero-order chi connectivity index (χ0) is 27.7. The molecule has 7 atom stereocenters. The highest BCUT2D eigenvalue weighted by atomic mass is 19.1. The second-order valence-electron chi connectivity index (χ2n) is 9.81. The molecule has 38 heavy (non-hydrogen) atoms. The van der Waals surface area contributed by atoms with Crippen LogP contribution in [-0.4, -0.2) is 81.3 Å². The third-order valence-corrected chi connectivity index (χ3v) is 7.68. The maximum absolute atomic E-state index is 15.9. The minimum Gasteiger partial charge on any atom is -0.507 e. The standard InChI is InChI=1S/C27H27FO10/c1-4-27(28)9-15(38-26-24(34)23(33)19(29)10(2)37-26)17-13(25(27)35)8-12-18(22(17)32)21(31)16-11(20(12)30)6-5-7-14(16)36-3/h5-8,10,15,19,23-24,26,29,32-34H,4,9H2,1-3H3/t10-,15+,19+,23+,24-,26+,27-/m0/s1. The van der Waals surface area contributed by atoms with Gasteiger partial charge in [0.2, 0.25) is 11.6 Å². The number of carbonyl (C=O) groups excluding carboxylic acids is 3. The molecule has 202 valence electrons. The van der Waals surface area contributed by atoms with Gasteiger partial charge < -0.3 is 34.6 Å². The molecule has 1 heterocycles. The van der Waals surface area contributed by atoms with Crippen molar-refractivity contribution in [2.45, 2.75) is 69.2 Å². The topological polar surface area (TPSA) is 160 Å². The first-order chi connectivity index (χ1) is 17.9. The number of aromatic hydroxyl groups is 1. The fraction of sp³-hybridized carbons (Fsp3) is 0.444. The van der Waals surface area contributed by atoms with Crippen molar-refractivity contribution in [3.8, 4) is 11.5 Å². The van der Waals surface area contributed by atoms with Crippen LogP contribution in [-0.2, 0) is 9.47 Å². The van der Waals surface area contributed by atoms with Gasteiger partial charge in [-0.1, -0.05) is 19.1 Å². The minimum absolute atomic E-state index is 0.0134. The number of Topliss-reactive ketones (excluding diaryl/α,β-unsaturated/α-hetero) is 1. The number of rotatable bonds is 4. The summed E-state index contributed by atoms with van der Waals surface area (Å²) in [6.07, 6.45) is -9.61. The minimum atomic E-state index is -2.45. The van der Waals surface area contributed by atoms with Gasteiger partial charge in [0, 0.05) is 28.7 Å². The van der Waals surface area contributed by atoms with E-state index in [0.29, 0.717) is 0 Å². The quantitative estimate of drug-likeness (QED) is 0.391. The summed E-state index contributed by atoms with van der Waals surface area (Å²) in [7, 11) is 1.32. The largest absolute Gasteiger partial charge is 0.507 e. The van der Waals surface area contributed by atoms with Crippen LogP contribution in [0.25, 0.3) is 0 Å². The Morgan fingerprint density at radius 3 is 2.39 bits per heavy atom. The van der Waals surface area contributed by atoms with E-state index in [4.69, 9.17) is 14.2 Å². The average Bonchev–Trinajstić information content (AvgIpc) is 2.91. The lowest BCUT2D eigenvalue weighted by Crippen LogP contribution is -2.57. The van der Waals surface area contributed by atoms with Gasteiger partial charge in [-0.2, -0.15) is 0 Å². The van der Waals surface area contributed by atoms with E-state index in [2.05, 4.69) is 0 Å². The summed E-state index contributed by atoms with van der Waals surface area (Å²) >= 11 is 0. The summed E-state index contributed by atoms with van der Waals surface area (Å²) in [5.41, 5.74) is -3.73. The molecule has 0 amide bonds. The summed E-state index contributed by atoms with van der Waals surface area (Å²) in [6, 6.07) is 5.52. The Balaban J connectivity index is 1.67. The highest BCUT2D eigenvalue weighted by Crippen LogP contribution is 2.50. The van der Waals surface area contributed by atoms with Crippen LogP contribution in [0.2, 0.25) is 0 Å². The molecule has 0 spiro atoms. The maximum Gasteiger partial charge on any atom is 0.201 e. The van der Waals surface area contributed by atoms with E-state index in [0.717, 1.165) is 6.07 Å². The molecule has 0 unspecified atom stereocenters. The molecule has 1 fully saturated rings. The number of hydrogen-bond donors (Lipinski definition) is 4. The molecule has 2 aliphatic carbocycles. The van der Waals surface area contributed by atoms with E-state index in [1.807, 2.05) is 0 Å². The number of alkyl halides is 1. The average molecular weight is 531 g/mol. The first-order valence-corrected chi connectivity index (χ1v) is 12.2. The molecule has 1 aliphatic heterocycles. The third kappa shape index (κ3) is 3.69. The van der Waals surface area contributed by atoms with Crippen molar-refractivity contribution in [1.29, 1.82) is 0 Å². The third-order valence-electron chi connectivity index (χ3n) is 7.68. The molecule has 3 aliphatic rings. The maximum atomic E-state index is 15.9. The number of hydrogen-bond acceptors (Lipinski definition) is 10. The molecule has 2 aromatic rings. The molecule has 11 heteroatoms. The van der Waals surface area contributed by atoms with Crippen LogP contribution in [0.3, 0.4) is 0 Å². The van der Waals surface area contributed by atoms with Crippen molar-refractivity contribution in [1.82, 2.24) is 0 Å². The molecule has 5 rings (SSSR count). The number of methoxy groups -OCH3 is 1. The van der Waals surface area contributed by atoms with Crippen molar-refractivity contribution in [2.75, 3.05) is 7.11 Å². The van der Waals surface area contributed by atoms with Gasteiger partial charge in [0.05, 0.1) is 30.4 Å². The molecule has 0 bridgehead atoms. The van der Waals surface area contributed by atoms with Crippen molar-refractivity contribution < 1.29 is 53.4 Å². The van der Waals surface area contributed by atoms with Crippen LogP contribution >= 0.6 is 0 Å². The van der Waals surface area contributed by atoms with Crippen LogP contribution in [0, 0.1) is 0 Å². The Labute approximate surface area is 216 Å². The summed E-state index contributed by atoms with van der Waals surface area (Å²) < 4.78 is 32.5. The van der Waals surface area contributed by atoms with Gasteiger partial charge >= 0.3 is 0 Å². The van der Waals surface area contributed by atoms with E-state index in [9.17, 15) is 34.8 Å². The van der Waals surface area contributed by atoms with Crippen LogP contribution in [0.4, 0.5) is 4.39 Å². The molecule has 0 aromatic heterocycles. The Morgan fingerprint density at radius 1 is 1.03 bits per heavy atom. The lowest BCUT2D eigenvalue weighted by Gasteiger charge is -2.42. The predicted octanol–water partition coefficient (Wildman–Crippen LogP) is 1.77. The predicted molar refractivity (Wildman–Crippen MR) is 127 cm³/mol. The normalized spacial score (nSPS) is 32.4. The molecule has 4 N–H and O–H groups in total. The number of fused-ring (bicyclic) bond motifs is 3. The van der Waals surface area contributed by atoms with Crippen LogP contribution in [0.5, 0.6) is 11.5 Å². The number of benzene rings is 2. The highest BCUT2D eigenvalue weighted by Gasteiger charge is 2.52. The number of halogens is 1. The lowest BCUT2D eigenvalue weighted by molar-refractivity contribution is -0.307. The van der Waals surface area contributed by atoms with Crippen LogP contribution < -0.4 is 4.74 Å². The lowest BCUT2D eigenvalue weighted by atomic mass is 9.73. The first-order valence-electron chi connectivity index (χ1n) is 12.2. The molecule has 1 saturated heterocycles. The SMILES string of the molecule is CC[C@]1(F)C[C@@H](O[C@H]2O[C@@H](C)[C@@H](O)[C@@H](O)[C@@H]2O)c2c(cc3c(c2O)C(=O)c2c(OC)cccc2C3=O)C1=O. The molecule has 2 aromatic carbocycles. The van der Waals surface area contributed by atoms with Gasteiger partial charge in [0.15, 0.2) is 17.7 Å². The van der Waals surface area contributed by atoms with Gasteiger partial charge in [0.25, 0.3) is 0 Å². The number of phenols is 1. The van der Waals surface area contributed by atoms with Crippen molar-refractivity contribution >= 4 is 17.3 Å². The van der Waals surface area contributed by atoms with Crippen LogP contribution in [0.1, 0.15) is 80.6 Å². The number of ketones is 3. The Hall–Kier alpha value is -3.22. The summed E-state index contributed by atoms with van der Waals surface area (Å²) in [5, 5.41) is 42.0. The molecule has 0 saturated carbocycles. The summed E-state index contributed by atoms with van der Waals surface area (Å²) in [6.45, 7) is 2.88. The molecule has 10 nitrogen and oxygen atoms in total. The van der Waals surface area contributed by atoms with Gasteiger partial charge in [-0.05, 0) is 25.5 Å². The van der Waals surface area contributed by atoms with E-state index in [-0.39, 0.29) is 45.6 Å². The number of ether oxygens (including phenoxy) is 3. The molecular formula is C27H27FO10. The summed E-state index contributed by atoms with van der Waals surface area (Å²) in [5.74, 6) is -2.99. The van der Waals surface area contributed by atoms with Crippen molar-refractivity contribution in [3.63, 3.8) is 0 Å². The second kappa shape index (κ2) is 9.21. The molecular weight excluding hydrogens is 503 g/mol. The monoisotopic (exact) mass is 530 g/mol. The van der Waals surface area contributed by atoms with Crippen molar-refractivity contribution in [3.05, 3.63) is 57.6 Å². The van der Waals surface area contributed by atoms with E-state index < -0.39 is 72.0 Å². The van der Waals surface area contributed by atoms with E-state index in [1.54, 1.807) is 0 Å². The van der Waals surface area contributed by atoms with Gasteiger partial charge in [-0.25, -0.2) is 4.39 Å². The van der Waals surface area contributed by atoms with Crippen molar-refractivity contribution in [2.24, 2.45) is 0 Å². The Bertz CT molecular complexity index is 1360. The zero-order valence-electron chi connectivity index (χ0n) is 20.8. The Morgan fingerprint density at radius 2 is 1.74 bits per heavy atom. The fourth-order valence-electron chi connectivity index (χ4n) is 5.44. The number of aliphatic hydroxyl groups excluding tert-OH is 3. The van der Waals surface area contributed by atoms with E-state index in [1.165, 1.54) is 39.2 Å². The van der Waals surface area contributed by atoms with Gasteiger partial charge in [-0.3, -0.25) is 14.4 Å². The first kappa shape index (κ1) is 26.4. The number of carbonyl (C=O) groups is 3. The number of phenolic OH excluding ortho intramolecular Hbond substituents is 1. The second-order valence-corrected chi connectivity index (χ2v) is 9.81. The van der Waals surface area contributed by atoms with Crippen LogP contribution in [0.15, 0.2) is 24.3 Å².